The van der Waals surface area contributed by atoms with E-state index in [9.17, 15) is 9.59 Å². The summed E-state index contributed by atoms with van der Waals surface area (Å²) in [7, 11) is 0. The number of thioether (sulfide) groups is 1. The molecule has 2 N–H and O–H groups in total. The fourth-order valence-electron chi connectivity index (χ4n) is 2.48. The summed E-state index contributed by atoms with van der Waals surface area (Å²) in [5.41, 5.74) is 3.11. The predicted molar refractivity (Wildman–Crippen MR) is 108 cm³/mol. The molecule has 2 aromatic carbocycles. The van der Waals surface area contributed by atoms with Gasteiger partial charge < -0.3 is 10.6 Å². The molecule has 27 heavy (non-hydrogen) atoms. The molecule has 3 rings (SSSR count). The van der Waals surface area contributed by atoms with Gasteiger partial charge in [0.1, 0.15) is 0 Å². The molecule has 6 nitrogen and oxygen atoms in total. The van der Waals surface area contributed by atoms with Gasteiger partial charge in [-0.05, 0) is 30.5 Å². The van der Waals surface area contributed by atoms with Gasteiger partial charge >= 0.3 is 0 Å². The zero-order valence-corrected chi connectivity index (χ0v) is 15.7. The van der Waals surface area contributed by atoms with Crippen molar-refractivity contribution in [1.82, 2.24) is 9.97 Å². The Kier molecular flexibility index (Phi) is 5.83. The van der Waals surface area contributed by atoms with Crippen molar-refractivity contribution in [2.45, 2.75) is 12.1 Å². The van der Waals surface area contributed by atoms with Crippen LogP contribution >= 0.6 is 11.8 Å². The van der Waals surface area contributed by atoms with Crippen molar-refractivity contribution in [2.75, 3.05) is 16.9 Å². The second kappa shape index (κ2) is 8.46. The molecule has 0 radical (unpaired) electrons. The van der Waals surface area contributed by atoms with Crippen molar-refractivity contribution in [1.29, 1.82) is 0 Å². The SMILES string of the molecule is CSc1ncc(C(=O)Nc2ccc(NC(C)=O)cc2)c(-c2ccccc2)n1. The van der Waals surface area contributed by atoms with Crippen LogP contribution in [0.1, 0.15) is 17.3 Å². The number of nitrogens with zero attached hydrogens (tertiary/aromatic N) is 2. The largest absolute Gasteiger partial charge is 0.326 e. The third kappa shape index (κ3) is 4.71. The summed E-state index contributed by atoms with van der Waals surface area (Å²) in [6.07, 6.45) is 3.43. The van der Waals surface area contributed by atoms with E-state index < -0.39 is 0 Å². The van der Waals surface area contributed by atoms with E-state index in [0.717, 1.165) is 5.56 Å². The maximum absolute atomic E-state index is 12.8. The highest BCUT2D eigenvalue weighted by Gasteiger charge is 2.16. The number of aromatic nitrogens is 2. The van der Waals surface area contributed by atoms with Crippen LogP contribution in [0, 0.1) is 0 Å². The van der Waals surface area contributed by atoms with Crippen molar-refractivity contribution in [3.05, 3.63) is 66.4 Å². The lowest BCUT2D eigenvalue weighted by molar-refractivity contribution is -0.114. The minimum absolute atomic E-state index is 0.148. The van der Waals surface area contributed by atoms with Crippen LogP contribution in [0.25, 0.3) is 11.3 Å². The van der Waals surface area contributed by atoms with Gasteiger partial charge in [-0.1, -0.05) is 42.1 Å². The van der Waals surface area contributed by atoms with E-state index in [2.05, 4.69) is 20.6 Å². The number of anilines is 2. The van der Waals surface area contributed by atoms with Crippen molar-refractivity contribution in [3.63, 3.8) is 0 Å². The number of benzene rings is 2. The van der Waals surface area contributed by atoms with Gasteiger partial charge in [0.25, 0.3) is 5.91 Å². The molecule has 1 aromatic heterocycles. The minimum atomic E-state index is -0.297. The number of amides is 2. The molecule has 0 aliphatic heterocycles. The number of rotatable bonds is 5. The van der Waals surface area contributed by atoms with Gasteiger partial charge in [-0.3, -0.25) is 9.59 Å². The Morgan fingerprint density at radius 2 is 1.56 bits per heavy atom. The topological polar surface area (TPSA) is 84.0 Å². The molecule has 3 aromatic rings. The molecule has 0 saturated heterocycles. The third-order valence-corrected chi connectivity index (χ3v) is 4.27. The monoisotopic (exact) mass is 378 g/mol. The Hall–Kier alpha value is -3.19. The van der Waals surface area contributed by atoms with Crippen LogP contribution in [0.3, 0.4) is 0 Å². The maximum atomic E-state index is 12.8. The molecule has 0 aliphatic carbocycles. The Balaban J connectivity index is 1.87. The van der Waals surface area contributed by atoms with Gasteiger partial charge in [-0.25, -0.2) is 9.97 Å². The van der Waals surface area contributed by atoms with Crippen LogP contribution in [-0.4, -0.2) is 28.0 Å². The summed E-state index contributed by atoms with van der Waals surface area (Å²) in [6.45, 7) is 1.44. The first kappa shape index (κ1) is 18.6. The van der Waals surface area contributed by atoms with Crippen LogP contribution in [0.4, 0.5) is 11.4 Å². The number of nitrogens with one attached hydrogen (secondary N) is 2. The molecular formula is C20H18N4O2S. The lowest BCUT2D eigenvalue weighted by atomic mass is 10.1. The molecule has 0 bridgehead atoms. The summed E-state index contributed by atoms with van der Waals surface area (Å²) in [6, 6.07) is 16.4. The zero-order chi connectivity index (χ0) is 19.2. The second-order valence-corrected chi connectivity index (χ2v) is 6.47. The number of hydrogen-bond donors (Lipinski definition) is 2. The van der Waals surface area contributed by atoms with Crippen molar-refractivity contribution in [2.24, 2.45) is 0 Å². The highest BCUT2D eigenvalue weighted by atomic mass is 32.2. The Labute approximate surface area is 161 Å². The molecule has 2 amide bonds. The van der Waals surface area contributed by atoms with Gasteiger partial charge in [0.05, 0.1) is 11.3 Å². The van der Waals surface area contributed by atoms with Crippen molar-refractivity contribution in [3.8, 4) is 11.3 Å². The van der Waals surface area contributed by atoms with Gasteiger partial charge in [-0.15, -0.1) is 0 Å². The van der Waals surface area contributed by atoms with Gasteiger partial charge in [0.15, 0.2) is 5.16 Å². The standard InChI is InChI=1S/C20H18N4O2S/c1-13(25)22-15-8-10-16(11-9-15)23-19(26)17-12-21-20(27-2)24-18(17)14-6-4-3-5-7-14/h3-12H,1-2H3,(H,22,25)(H,23,26). The molecule has 0 spiro atoms. The molecule has 0 atom stereocenters. The fraction of sp³-hybridized carbons (Fsp3) is 0.100. The average molecular weight is 378 g/mol. The summed E-state index contributed by atoms with van der Waals surface area (Å²) in [4.78, 5) is 32.6. The van der Waals surface area contributed by atoms with Crippen LogP contribution < -0.4 is 10.6 Å². The number of carbonyl (C=O) groups is 2. The summed E-state index contributed by atoms with van der Waals surface area (Å²) in [5, 5.41) is 6.14. The molecule has 7 heteroatoms. The summed E-state index contributed by atoms with van der Waals surface area (Å²) < 4.78 is 0. The zero-order valence-electron chi connectivity index (χ0n) is 14.9. The minimum Gasteiger partial charge on any atom is -0.326 e. The van der Waals surface area contributed by atoms with Gasteiger partial charge in [-0.2, -0.15) is 0 Å². The second-order valence-electron chi connectivity index (χ2n) is 5.70. The van der Waals surface area contributed by atoms with Crippen LogP contribution in [0.15, 0.2) is 66.0 Å². The first-order valence-corrected chi connectivity index (χ1v) is 9.45. The third-order valence-electron chi connectivity index (χ3n) is 3.70. The normalized spacial score (nSPS) is 10.3. The first-order chi connectivity index (χ1) is 13.1. The fourth-order valence-corrected chi connectivity index (χ4v) is 2.83. The molecular weight excluding hydrogens is 360 g/mol. The Morgan fingerprint density at radius 1 is 0.926 bits per heavy atom. The van der Waals surface area contributed by atoms with E-state index in [4.69, 9.17) is 0 Å². The van der Waals surface area contributed by atoms with E-state index in [1.807, 2.05) is 36.6 Å². The first-order valence-electron chi connectivity index (χ1n) is 8.22. The average Bonchev–Trinajstić information content (AvgIpc) is 2.69. The number of carbonyl (C=O) groups excluding carboxylic acids is 2. The predicted octanol–water partition coefficient (Wildman–Crippen LogP) is 4.08. The van der Waals surface area contributed by atoms with Crippen LogP contribution in [0.5, 0.6) is 0 Å². The molecule has 0 saturated carbocycles. The highest BCUT2D eigenvalue weighted by molar-refractivity contribution is 7.98. The molecule has 0 fully saturated rings. The molecule has 136 valence electrons. The van der Waals surface area contributed by atoms with Crippen molar-refractivity contribution < 1.29 is 9.59 Å². The molecule has 1 heterocycles. The quantitative estimate of drug-likeness (QED) is 0.516. The summed E-state index contributed by atoms with van der Waals surface area (Å²) >= 11 is 1.42. The smallest absolute Gasteiger partial charge is 0.259 e. The van der Waals surface area contributed by atoms with E-state index in [0.29, 0.717) is 27.8 Å². The van der Waals surface area contributed by atoms with Gasteiger partial charge in [0.2, 0.25) is 5.91 Å². The van der Waals surface area contributed by atoms with Crippen molar-refractivity contribution >= 4 is 35.0 Å². The highest BCUT2D eigenvalue weighted by Crippen LogP contribution is 2.24. The molecule has 0 unspecified atom stereocenters. The number of hydrogen-bond acceptors (Lipinski definition) is 5. The van der Waals surface area contributed by atoms with Crippen LogP contribution in [0.2, 0.25) is 0 Å². The van der Waals surface area contributed by atoms with E-state index >= 15 is 0 Å². The lowest BCUT2D eigenvalue weighted by Crippen LogP contribution is -2.15. The van der Waals surface area contributed by atoms with Gasteiger partial charge in [0, 0.05) is 30.1 Å². The maximum Gasteiger partial charge on any atom is 0.259 e. The van der Waals surface area contributed by atoms with E-state index in [-0.39, 0.29) is 11.8 Å². The lowest BCUT2D eigenvalue weighted by Gasteiger charge is -2.11. The molecule has 0 aliphatic rings. The van der Waals surface area contributed by atoms with Crippen LogP contribution in [-0.2, 0) is 4.79 Å². The Morgan fingerprint density at radius 3 is 2.15 bits per heavy atom. The van der Waals surface area contributed by atoms with E-state index in [1.54, 1.807) is 30.5 Å². The Bertz CT molecular complexity index is 959. The summed E-state index contributed by atoms with van der Waals surface area (Å²) in [5.74, 6) is -0.445. The van der Waals surface area contributed by atoms with E-state index in [1.165, 1.54) is 18.7 Å².